The minimum Gasteiger partial charge on any atom is -0.386 e. The number of amides is 2. The van der Waals surface area contributed by atoms with Crippen molar-refractivity contribution in [3.8, 4) is 0 Å². The monoisotopic (exact) mass is 340 g/mol. The van der Waals surface area contributed by atoms with Gasteiger partial charge in [0.1, 0.15) is 6.10 Å². The summed E-state index contributed by atoms with van der Waals surface area (Å²) in [7, 11) is 0. The first-order valence-electron chi connectivity index (χ1n) is 7.82. The first-order chi connectivity index (χ1) is 11.5. The number of aliphatic hydroxyl groups excluding tert-OH is 1. The zero-order valence-corrected chi connectivity index (χ0v) is 14.5. The summed E-state index contributed by atoms with van der Waals surface area (Å²) in [6.45, 7) is 4.08. The van der Waals surface area contributed by atoms with Gasteiger partial charge in [-0.3, -0.25) is 0 Å². The fraction of sp³-hybridized carbons (Fsp3) is 0.211. The number of hydrogen-bond donors (Lipinski definition) is 3. The number of benzene rings is 2. The number of hydrogen-bond acceptors (Lipinski definition) is 3. The van der Waals surface area contributed by atoms with Gasteiger partial charge in [0.15, 0.2) is 0 Å². The van der Waals surface area contributed by atoms with Crippen LogP contribution in [0.2, 0.25) is 0 Å². The summed E-state index contributed by atoms with van der Waals surface area (Å²) in [4.78, 5) is 12.9. The molecule has 1 unspecified atom stereocenters. The van der Waals surface area contributed by atoms with Crippen molar-refractivity contribution in [1.29, 1.82) is 0 Å². The van der Waals surface area contributed by atoms with Crippen molar-refractivity contribution < 1.29 is 9.90 Å². The molecule has 0 radical (unpaired) electrons. The van der Waals surface area contributed by atoms with Gasteiger partial charge < -0.3 is 15.7 Å². The molecule has 0 spiro atoms. The van der Waals surface area contributed by atoms with E-state index in [-0.39, 0.29) is 12.6 Å². The van der Waals surface area contributed by atoms with Crippen molar-refractivity contribution in [3.63, 3.8) is 0 Å². The number of thiophene rings is 1. The van der Waals surface area contributed by atoms with Crippen LogP contribution in [0.15, 0.2) is 48.5 Å². The van der Waals surface area contributed by atoms with Gasteiger partial charge in [-0.25, -0.2) is 4.79 Å². The van der Waals surface area contributed by atoms with E-state index in [9.17, 15) is 9.90 Å². The summed E-state index contributed by atoms with van der Waals surface area (Å²) in [5.41, 5.74) is 2.83. The number of aliphatic hydroxyl groups is 1. The predicted molar refractivity (Wildman–Crippen MR) is 99.7 cm³/mol. The van der Waals surface area contributed by atoms with Crippen molar-refractivity contribution >= 4 is 33.1 Å². The van der Waals surface area contributed by atoms with Gasteiger partial charge in [-0.15, -0.1) is 11.3 Å². The summed E-state index contributed by atoms with van der Waals surface area (Å²) >= 11 is 1.54. The SMILES string of the molecule is Cc1cccc(C)c1NC(=O)NCC(O)c1cc2ccccc2s1. The van der Waals surface area contributed by atoms with Gasteiger partial charge in [-0.1, -0.05) is 36.4 Å². The van der Waals surface area contributed by atoms with E-state index in [0.717, 1.165) is 31.8 Å². The van der Waals surface area contributed by atoms with E-state index >= 15 is 0 Å². The lowest BCUT2D eigenvalue weighted by Gasteiger charge is -2.14. The Balaban J connectivity index is 1.61. The van der Waals surface area contributed by atoms with Gasteiger partial charge in [-0.2, -0.15) is 0 Å². The molecule has 0 saturated carbocycles. The Morgan fingerprint density at radius 3 is 2.54 bits per heavy atom. The number of anilines is 1. The number of fused-ring (bicyclic) bond motifs is 1. The van der Waals surface area contributed by atoms with Gasteiger partial charge >= 0.3 is 6.03 Å². The molecule has 1 aromatic heterocycles. The third-order valence-electron chi connectivity index (χ3n) is 3.95. The molecule has 0 aliphatic rings. The van der Waals surface area contributed by atoms with Crippen LogP contribution in [0.25, 0.3) is 10.1 Å². The summed E-state index contributed by atoms with van der Waals surface area (Å²) in [6, 6.07) is 15.5. The molecule has 1 atom stereocenters. The van der Waals surface area contributed by atoms with Gasteiger partial charge in [0, 0.05) is 15.3 Å². The van der Waals surface area contributed by atoms with Gasteiger partial charge in [-0.05, 0) is 42.5 Å². The first kappa shape index (κ1) is 16.5. The van der Waals surface area contributed by atoms with Crippen LogP contribution in [0.1, 0.15) is 22.1 Å². The van der Waals surface area contributed by atoms with Crippen molar-refractivity contribution in [2.75, 3.05) is 11.9 Å². The van der Waals surface area contributed by atoms with Crippen LogP contribution in [-0.2, 0) is 0 Å². The molecule has 0 fully saturated rings. The topological polar surface area (TPSA) is 61.4 Å². The maximum Gasteiger partial charge on any atom is 0.319 e. The molecule has 0 bridgehead atoms. The number of urea groups is 1. The van der Waals surface area contributed by atoms with Crippen LogP contribution in [0, 0.1) is 13.8 Å². The first-order valence-corrected chi connectivity index (χ1v) is 8.64. The Labute approximate surface area is 145 Å². The molecule has 3 N–H and O–H groups in total. The Morgan fingerprint density at radius 1 is 1.12 bits per heavy atom. The third-order valence-corrected chi connectivity index (χ3v) is 5.17. The van der Waals surface area contributed by atoms with E-state index in [2.05, 4.69) is 10.6 Å². The standard InChI is InChI=1S/C19H20N2O2S/c1-12-6-5-7-13(2)18(12)21-19(23)20-11-15(22)17-10-14-8-3-4-9-16(14)24-17/h3-10,15,22H,11H2,1-2H3,(H2,20,21,23). The number of carbonyl (C=O) groups is 1. The average molecular weight is 340 g/mol. The number of nitrogens with one attached hydrogen (secondary N) is 2. The highest BCUT2D eigenvalue weighted by molar-refractivity contribution is 7.19. The molecule has 3 aromatic rings. The van der Waals surface area contributed by atoms with Gasteiger partial charge in [0.05, 0.1) is 6.54 Å². The molecule has 2 amide bonds. The molecule has 0 aliphatic carbocycles. The lowest BCUT2D eigenvalue weighted by atomic mass is 10.1. The van der Waals surface area contributed by atoms with Crippen LogP contribution in [-0.4, -0.2) is 17.7 Å². The molecular weight excluding hydrogens is 320 g/mol. The zero-order chi connectivity index (χ0) is 17.1. The quantitative estimate of drug-likeness (QED) is 0.660. The average Bonchev–Trinajstić information content (AvgIpc) is 3.00. The van der Waals surface area contributed by atoms with Gasteiger partial charge in [0.25, 0.3) is 0 Å². The van der Waals surface area contributed by atoms with Crippen LogP contribution in [0.3, 0.4) is 0 Å². The van der Waals surface area contributed by atoms with E-state index in [1.807, 2.05) is 62.4 Å². The summed E-state index contributed by atoms with van der Waals surface area (Å²) in [6.07, 6.45) is -0.717. The van der Waals surface area contributed by atoms with Crippen LogP contribution < -0.4 is 10.6 Å². The Morgan fingerprint density at radius 2 is 1.83 bits per heavy atom. The minimum absolute atomic E-state index is 0.170. The maximum absolute atomic E-state index is 12.1. The summed E-state index contributed by atoms with van der Waals surface area (Å²) in [5.74, 6) is 0. The number of rotatable bonds is 4. The number of para-hydroxylation sites is 1. The van der Waals surface area contributed by atoms with Crippen molar-refractivity contribution in [2.24, 2.45) is 0 Å². The normalized spacial score (nSPS) is 12.1. The number of aryl methyl sites for hydroxylation is 2. The predicted octanol–water partition coefficient (Wildman–Crippen LogP) is 4.37. The largest absolute Gasteiger partial charge is 0.386 e. The van der Waals surface area contributed by atoms with Crippen molar-refractivity contribution in [1.82, 2.24) is 5.32 Å². The molecule has 3 rings (SSSR count). The zero-order valence-electron chi connectivity index (χ0n) is 13.7. The fourth-order valence-electron chi connectivity index (χ4n) is 2.63. The molecule has 24 heavy (non-hydrogen) atoms. The molecule has 5 heteroatoms. The van der Waals surface area contributed by atoms with Gasteiger partial charge in [0.2, 0.25) is 0 Å². The van der Waals surface area contributed by atoms with Crippen LogP contribution >= 0.6 is 11.3 Å². The Hall–Kier alpha value is -2.37. The summed E-state index contributed by atoms with van der Waals surface area (Å²) < 4.78 is 1.13. The lowest BCUT2D eigenvalue weighted by Crippen LogP contribution is -2.32. The number of carbonyl (C=O) groups excluding carboxylic acids is 1. The van der Waals surface area contributed by atoms with Crippen LogP contribution in [0.4, 0.5) is 10.5 Å². The second kappa shape index (κ2) is 7.03. The second-order valence-electron chi connectivity index (χ2n) is 5.80. The highest BCUT2D eigenvalue weighted by atomic mass is 32.1. The van der Waals surface area contributed by atoms with E-state index in [4.69, 9.17) is 0 Å². The van der Waals surface area contributed by atoms with E-state index in [0.29, 0.717) is 0 Å². The molecule has 0 aliphatic heterocycles. The highest BCUT2D eigenvalue weighted by Crippen LogP contribution is 2.29. The van der Waals surface area contributed by atoms with E-state index in [1.165, 1.54) is 0 Å². The van der Waals surface area contributed by atoms with E-state index < -0.39 is 6.10 Å². The van der Waals surface area contributed by atoms with E-state index in [1.54, 1.807) is 11.3 Å². The Bertz CT molecular complexity index is 819. The molecule has 1 heterocycles. The minimum atomic E-state index is -0.717. The smallest absolute Gasteiger partial charge is 0.319 e. The summed E-state index contributed by atoms with van der Waals surface area (Å²) in [5, 5.41) is 17.0. The van der Waals surface area contributed by atoms with Crippen molar-refractivity contribution in [3.05, 3.63) is 64.5 Å². The second-order valence-corrected chi connectivity index (χ2v) is 6.92. The lowest BCUT2D eigenvalue weighted by molar-refractivity contribution is 0.178. The van der Waals surface area contributed by atoms with Crippen molar-refractivity contribution in [2.45, 2.75) is 20.0 Å². The molecule has 2 aromatic carbocycles. The Kier molecular flexibility index (Phi) is 4.83. The maximum atomic E-state index is 12.1. The molecule has 124 valence electrons. The molecular formula is C19H20N2O2S. The fourth-order valence-corrected chi connectivity index (χ4v) is 3.68. The highest BCUT2D eigenvalue weighted by Gasteiger charge is 2.13. The third kappa shape index (κ3) is 3.58. The van der Waals surface area contributed by atoms with Crippen LogP contribution in [0.5, 0.6) is 0 Å². The molecule has 4 nitrogen and oxygen atoms in total. The molecule has 0 saturated heterocycles.